The van der Waals surface area contributed by atoms with Crippen LogP contribution in [0.4, 0.5) is 0 Å². The molecule has 0 amide bonds. The third kappa shape index (κ3) is 2.60. The van der Waals surface area contributed by atoms with Gasteiger partial charge >= 0.3 is 0 Å². The molecule has 1 N–H and O–H groups in total. The predicted molar refractivity (Wildman–Crippen MR) is 76.8 cm³/mol. The van der Waals surface area contributed by atoms with E-state index in [2.05, 4.69) is 24.1 Å². The highest BCUT2D eigenvalue weighted by Gasteiger charge is 2.38. The highest BCUT2D eigenvalue weighted by Crippen LogP contribution is 2.38. The molecule has 3 rings (SSSR count). The van der Waals surface area contributed by atoms with Crippen LogP contribution in [0.3, 0.4) is 0 Å². The van der Waals surface area contributed by atoms with Crippen LogP contribution in [0.15, 0.2) is 0 Å². The van der Waals surface area contributed by atoms with Gasteiger partial charge in [-0.15, -0.1) is 0 Å². The number of nitrogens with zero attached hydrogens (tertiary/aromatic N) is 1. The van der Waals surface area contributed by atoms with Crippen molar-refractivity contribution in [3.8, 4) is 0 Å². The molecule has 1 aliphatic carbocycles. The minimum absolute atomic E-state index is 0.711. The first kappa shape index (κ1) is 12.9. The first-order chi connectivity index (χ1) is 8.74. The third-order valence-electron chi connectivity index (χ3n) is 5.58. The van der Waals surface area contributed by atoms with Gasteiger partial charge in [0.2, 0.25) is 0 Å². The molecule has 0 aromatic rings. The number of nitrogens with one attached hydrogen (secondary N) is 1. The predicted octanol–water partition coefficient (Wildman–Crippen LogP) is 3.17. The average Bonchev–Trinajstić information content (AvgIpc) is 2.37. The second-order valence-corrected chi connectivity index (χ2v) is 7.09. The summed E-state index contributed by atoms with van der Waals surface area (Å²) in [6.45, 7) is 6.11. The molecule has 104 valence electrons. The molecule has 2 nitrogen and oxygen atoms in total. The summed E-state index contributed by atoms with van der Waals surface area (Å²) in [5.74, 6) is 1.04. The van der Waals surface area contributed by atoms with Gasteiger partial charge < -0.3 is 5.32 Å². The van der Waals surface area contributed by atoms with Crippen molar-refractivity contribution in [2.24, 2.45) is 5.92 Å². The standard InChI is InChI=1S/C16H30N2/c1-12-10-15(11-13(2)17-12)18-9-5-7-14-6-3-4-8-16(14)18/h12-17H,3-11H2,1-2H3. The molecule has 0 aromatic heterocycles. The van der Waals surface area contributed by atoms with E-state index in [9.17, 15) is 0 Å². The Morgan fingerprint density at radius 2 is 1.56 bits per heavy atom. The molecule has 0 radical (unpaired) electrons. The maximum absolute atomic E-state index is 3.69. The van der Waals surface area contributed by atoms with E-state index in [1.54, 1.807) is 0 Å². The fourth-order valence-corrected chi connectivity index (χ4v) is 4.92. The largest absolute Gasteiger partial charge is 0.312 e. The first-order valence-corrected chi connectivity index (χ1v) is 8.26. The average molecular weight is 250 g/mol. The number of fused-ring (bicyclic) bond motifs is 1. The van der Waals surface area contributed by atoms with Crippen LogP contribution in [0.2, 0.25) is 0 Å². The molecule has 0 bridgehead atoms. The van der Waals surface area contributed by atoms with Gasteiger partial charge in [-0.25, -0.2) is 0 Å². The van der Waals surface area contributed by atoms with Crippen molar-refractivity contribution in [2.75, 3.05) is 6.54 Å². The van der Waals surface area contributed by atoms with E-state index in [1.165, 1.54) is 57.9 Å². The summed E-state index contributed by atoms with van der Waals surface area (Å²) >= 11 is 0. The summed E-state index contributed by atoms with van der Waals surface area (Å²) in [5.41, 5.74) is 0. The van der Waals surface area contributed by atoms with Gasteiger partial charge in [-0.2, -0.15) is 0 Å². The van der Waals surface area contributed by atoms with Crippen molar-refractivity contribution in [1.82, 2.24) is 10.2 Å². The lowest BCUT2D eigenvalue weighted by atomic mass is 9.76. The van der Waals surface area contributed by atoms with E-state index >= 15 is 0 Å². The van der Waals surface area contributed by atoms with Gasteiger partial charge in [-0.05, 0) is 64.8 Å². The van der Waals surface area contributed by atoms with Crippen molar-refractivity contribution in [3.05, 3.63) is 0 Å². The van der Waals surface area contributed by atoms with Gasteiger partial charge in [0.1, 0.15) is 0 Å². The zero-order chi connectivity index (χ0) is 12.5. The molecule has 2 saturated heterocycles. The Morgan fingerprint density at radius 1 is 0.889 bits per heavy atom. The highest BCUT2D eigenvalue weighted by molar-refractivity contribution is 4.94. The Balaban J connectivity index is 1.69. The summed E-state index contributed by atoms with van der Waals surface area (Å²) in [4.78, 5) is 2.93. The van der Waals surface area contributed by atoms with Gasteiger partial charge in [-0.3, -0.25) is 4.90 Å². The maximum Gasteiger partial charge on any atom is 0.0128 e. The van der Waals surface area contributed by atoms with Gasteiger partial charge in [0.25, 0.3) is 0 Å². The number of rotatable bonds is 1. The van der Waals surface area contributed by atoms with Crippen LogP contribution in [0.25, 0.3) is 0 Å². The van der Waals surface area contributed by atoms with Crippen LogP contribution in [0.1, 0.15) is 65.2 Å². The van der Waals surface area contributed by atoms with E-state index in [-0.39, 0.29) is 0 Å². The molecule has 1 saturated carbocycles. The maximum atomic E-state index is 3.69. The van der Waals surface area contributed by atoms with Crippen LogP contribution < -0.4 is 5.32 Å². The fourth-order valence-electron chi connectivity index (χ4n) is 4.92. The Kier molecular flexibility index (Phi) is 3.95. The topological polar surface area (TPSA) is 15.3 Å². The van der Waals surface area contributed by atoms with E-state index in [0.717, 1.165) is 18.0 Å². The quantitative estimate of drug-likeness (QED) is 0.769. The van der Waals surface area contributed by atoms with Gasteiger partial charge in [0, 0.05) is 24.2 Å². The lowest BCUT2D eigenvalue weighted by molar-refractivity contribution is 0.00540. The highest BCUT2D eigenvalue weighted by atomic mass is 15.2. The molecule has 3 aliphatic rings. The van der Waals surface area contributed by atoms with Crippen LogP contribution >= 0.6 is 0 Å². The Bertz CT molecular complexity index is 266. The van der Waals surface area contributed by atoms with Crippen LogP contribution in [0, 0.1) is 5.92 Å². The molecule has 18 heavy (non-hydrogen) atoms. The molecule has 4 atom stereocenters. The molecule has 3 fully saturated rings. The van der Waals surface area contributed by atoms with Gasteiger partial charge in [0.15, 0.2) is 0 Å². The van der Waals surface area contributed by atoms with E-state index in [4.69, 9.17) is 0 Å². The zero-order valence-electron chi connectivity index (χ0n) is 12.2. The summed E-state index contributed by atoms with van der Waals surface area (Å²) in [5, 5.41) is 3.69. The molecule has 2 heteroatoms. The number of likely N-dealkylation sites (tertiary alicyclic amines) is 1. The van der Waals surface area contributed by atoms with Crippen molar-refractivity contribution in [1.29, 1.82) is 0 Å². The molecule has 4 unspecified atom stereocenters. The molecular weight excluding hydrogens is 220 g/mol. The Morgan fingerprint density at radius 3 is 2.33 bits per heavy atom. The summed E-state index contributed by atoms with van der Waals surface area (Å²) in [6, 6.07) is 3.22. The van der Waals surface area contributed by atoms with E-state index < -0.39 is 0 Å². The molecule has 2 aliphatic heterocycles. The van der Waals surface area contributed by atoms with Gasteiger partial charge in [0.05, 0.1) is 0 Å². The SMILES string of the molecule is CC1CC(N2CCCC3CCCCC32)CC(C)N1. The first-order valence-electron chi connectivity index (χ1n) is 8.26. The number of hydrogen-bond acceptors (Lipinski definition) is 2. The van der Waals surface area contributed by atoms with Gasteiger partial charge in [-0.1, -0.05) is 12.8 Å². The van der Waals surface area contributed by atoms with Crippen LogP contribution in [0.5, 0.6) is 0 Å². The van der Waals surface area contributed by atoms with Crippen LogP contribution in [-0.4, -0.2) is 35.6 Å². The van der Waals surface area contributed by atoms with E-state index in [0.29, 0.717) is 12.1 Å². The summed E-state index contributed by atoms with van der Waals surface area (Å²) in [6.07, 6.45) is 11.7. The molecule has 0 aromatic carbocycles. The van der Waals surface area contributed by atoms with Crippen molar-refractivity contribution in [3.63, 3.8) is 0 Å². The minimum Gasteiger partial charge on any atom is -0.312 e. The minimum atomic E-state index is 0.711. The van der Waals surface area contributed by atoms with Crippen molar-refractivity contribution in [2.45, 2.75) is 89.4 Å². The molecule has 0 spiro atoms. The summed E-state index contributed by atoms with van der Waals surface area (Å²) < 4.78 is 0. The Labute approximate surface area is 113 Å². The Hall–Kier alpha value is -0.0800. The smallest absolute Gasteiger partial charge is 0.0128 e. The second kappa shape index (κ2) is 5.50. The number of hydrogen-bond donors (Lipinski definition) is 1. The fraction of sp³-hybridized carbons (Fsp3) is 1.00. The number of piperidine rings is 2. The second-order valence-electron chi connectivity index (χ2n) is 7.09. The normalized spacial score (nSPS) is 46.7. The summed E-state index contributed by atoms with van der Waals surface area (Å²) in [7, 11) is 0. The van der Waals surface area contributed by atoms with Crippen LogP contribution in [-0.2, 0) is 0 Å². The molecule has 2 heterocycles. The third-order valence-corrected chi connectivity index (χ3v) is 5.58. The lowest BCUT2D eigenvalue weighted by Gasteiger charge is -2.50. The van der Waals surface area contributed by atoms with E-state index in [1.807, 2.05) is 0 Å². The van der Waals surface area contributed by atoms with Crippen molar-refractivity contribution >= 4 is 0 Å². The monoisotopic (exact) mass is 250 g/mol. The van der Waals surface area contributed by atoms with Crippen molar-refractivity contribution < 1.29 is 0 Å². The zero-order valence-corrected chi connectivity index (χ0v) is 12.2. The molecular formula is C16H30N2. The lowest BCUT2D eigenvalue weighted by Crippen LogP contribution is -2.57.